The number of anilines is 2. The van der Waals surface area contributed by atoms with E-state index in [0.717, 1.165) is 17.1 Å². The lowest BCUT2D eigenvalue weighted by Gasteiger charge is -2.18. The van der Waals surface area contributed by atoms with Crippen molar-refractivity contribution in [2.24, 2.45) is 0 Å². The molecule has 1 atom stereocenters. The van der Waals surface area contributed by atoms with Crippen LogP contribution in [0.1, 0.15) is 18.5 Å². The highest BCUT2D eigenvalue weighted by Crippen LogP contribution is 2.36. The van der Waals surface area contributed by atoms with Crippen LogP contribution in [-0.2, 0) is 0 Å². The first-order valence-corrected chi connectivity index (χ1v) is 7.57. The van der Waals surface area contributed by atoms with Gasteiger partial charge in [0, 0.05) is 14.1 Å². The summed E-state index contributed by atoms with van der Waals surface area (Å²) in [7, 11) is 3.90. The fraction of sp³-hybridized carbons (Fsp3) is 0.267. The van der Waals surface area contributed by atoms with Crippen LogP contribution < -0.4 is 10.2 Å². The second-order valence-corrected chi connectivity index (χ2v) is 6.09. The first kappa shape index (κ1) is 16.2. The number of rotatable bonds is 4. The van der Waals surface area contributed by atoms with Crippen molar-refractivity contribution in [3.8, 4) is 0 Å². The zero-order chi connectivity index (χ0) is 15.6. The van der Waals surface area contributed by atoms with Crippen LogP contribution >= 0.6 is 34.8 Å². The van der Waals surface area contributed by atoms with Crippen molar-refractivity contribution in [2.45, 2.75) is 13.0 Å². The van der Waals surface area contributed by atoms with Gasteiger partial charge in [-0.2, -0.15) is 0 Å². The van der Waals surface area contributed by atoms with Crippen LogP contribution in [0.5, 0.6) is 0 Å². The van der Waals surface area contributed by atoms with E-state index in [1.807, 2.05) is 44.1 Å². The van der Waals surface area contributed by atoms with Gasteiger partial charge in [-0.05, 0) is 30.7 Å². The third-order valence-corrected chi connectivity index (χ3v) is 4.43. The Morgan fingerprint density at radius 1 is 1.05 bits per heavy atom. The first-order chi connectivity index (χ1) is 9.90. The molecule has 0 aliphatic carbocycles. The standard InChI is InChI=1S/C15H16Cl3N3/c1-9(11-5-6-12(16)15(18)14(11)17)20-10-4-7-13(19-8-10)21(2)3/h4-9,20H,1-3H3. The van der Waals surface area contributed by atoms with Crippen LogP contribution in [-0.4, -0.2) is 19.1 Å². The normalized spacial score (nSPS) is 12.1. The summed E-state index contributed by atoms with van der Waals surface area (Å²) in [6.07, 6.45) is 1.79. The molecule has 0 fully saturated rings. The molecular formula is C15H16Cl3N3. The monoisotopic (exact) mass is 343 g/mol. The molecule has 1 aromatic carbocycles. The smallest absolute Gasteiger partial charge is 0.128 e. The maximum absolute atomic E-state index is 6.25. The van der Waals surface area contributed by atoms with E-state index < -0.39 is 0 Å². The van der Waals surface area contributed by atoms with Crippen molar-refractivity contribution in [3.63, 3.8) is 0 Å². The number of nitrogens with zero attached hydrogens (tertiary/aromatic N) is 2. The molecule has 0 saturated carbocycles. The number of hydrogen-bond acceptors (Lipinski definition) is 3. The Bertz CT molecular complexity index is 627. The highest BCUT2D eigenvalue weighted by molar-refractivity contribution is 6.48. The molecule has 1 unspecified atom stereocenters. The average Bonchev–Trinajstić information content (AvgIpc) is 2.45. The molecule has 3 nitrogen and oxygen atoms in total. The predicted octanol–water partition coefficient (Wildman–Crippen LogP) is 5.28. The number of halogens is 3. The Morgan fingerprint density at radius 3 is 2.33 bits per heavy atom. The Hall–Kier alpha value is -1.16. The average molecular weight is 345 g/mol. The summed E-state index contributed by atoms with van der Waals surface area (Å²) in [6.45, 7) is 2.01. The van der Waals surface area contributed by atoms with E-state index in [0.29, 0.717) is 15.1 Å². The summed E-state index contributed by atoms with van der Waals surface area (Å²) < 4.78 is 0. The predicted molar refractivity (Wildman–Crippen MR) is 92.1 cm³/mol. The second kappa shape index (κ2) is 6.73. The quantitative estimate of drug-likeness (QED) is 0.765. The van der Waals surface area contributed by atoms with Gasteiger partial charge < -0.3 is 10.2 Å². The molecule has 1 N–H and O–H groups in total. The molecule has 0 aliphatic rings. The van der Waals surface area contributed by atoms with Gasteiger partial charge in [0.2, 0.25) is 0 Å². The summed E-state index contributed by atoms with van der Waals surface area (Å²) >= 11 is 18.3. The fourth-order valence-electron chi connectivity index (χ4n) is 1.94. The maximum atomic E-state index is 6.25. The molecule has 2 rings (SSSR count). The molecule has 0 amide bonds. The lowest BCUT2D eigenvalue weighted by Crippen LogP contribution is -2.11. The third kappa shape index (κ3) is 3.73. The summed E-state index contributed by atoms with van der Waals surface area (Å²) in [4.78, 5) is 6.31. The van der Waals surface area contributed by atoms with Gasteiger partial charge in [-0.15, -0.1) is 0 Å². The van der Waals surface area contributed by atoms with Crippen molar-refractivity contribution in [1.29, 1.82) is 0 Å². The van der Waals surface area contributed by atoms with E-state index in [9.17, 15) is 0 Å². The van der Waals surface area contributed by atoms with Crippen molar-refractivity contribution in [2.75, 3.05) is 24.3 Å². The summed E-state index contributed by atoms with van der Waals surface area (Å²) in [5.74, 6) is 0.903. The van der Waals surface area contributed by atoms with Crippen LogP contribution in [0.15, 0.2) is 30.5 Å². The highest BCUT2D eigenvalue weighted by atomic mass is 35.5. The lowest BCUT2D eigenvalue weighted by atomic mass is 10.1. The zero-order valence-electron chi connectivity index (χ0n) is 12.0. The van der Waals surface area contributed by atoms with Crippen molar-refractivity contribution < 1.29 is 0 Å². The first-order valence-electron chi connectivity index (χ1n) is 6.43. The number of hydrogen-bond donors (Lipinski definition) is 1. The van der Waals surface area contributed by atoms with Crippen molar-refractivity contribution in [3.05, 3.63) is 51.1 Å². The van der Waals surface area contributed by atoms with Gasteiger partial charge in [-0.25, -0.2) is 4.98 Å². The van der Waals surface area contributed by atoms with Crippen molar-refractivity contribution >= 4 is 46.3 Å². The van der Waals surface area contributed by atoms with Gasteiger partial charge >= 0.3 is 0 Å². The van der Waals surface area contributed by atoms with Crippen molar-refractivity contribution in [1.82, 2.24) is 4.98 Å². The molecular weight excluding hydrogens is 329 g/mol. The molecule has 0 spiro atoms. The van der Waals surface area contributed by atoms with Crippen LogP contribution in [0.25, 0.3) is 0 Å². The second-order valence-electron chi connectivity index (χ2n) is 4.93. The van der Waals surface area contributed by atoms with E-state index >= 15 is 0 Å². The van der Waals surface area contributed by atoms with E-state index in [-0.39, 0.29) is 6.04 Å². The lowest BCUT2D eigenvalue weighted by molar-refractivity contribution is 0.882. The SMILES string of the molecule is CC(Nc1ccc(N(C)C)nc1)c1ccc(Cl)c(Cl)c1Cl. The van der Waals surface area contributed by atoms with E-state index in [1.54, 1.807) is 12.3 Å². The molecule has 0 radical (unpaired) electrons. The van der Waals surface area contributed by atoms with Crippen LogP contribution in [0, 0.1) is 0 Å². The van der Waals surface area contributed by atoms with E-state index in [1.165, 1.54) is 0 Å². The van der Waals surface area contributed by atoms with Gasteiger partial charge in [-0.3, -0.25) is 0 Å². The minimum absolute atomic E-state index is 0.0146. The van der Waals surface area contributed by atoms with Gasteiger partial charge in [0.05, 0.1) is 33.0 Å². The molecule has 0 aliphatic heterocycles. The molecule has 0 bridgehead atoms. The summed E-state index contributed by atoms with van der Waals surface area (Å²) in [6, 6.07) is 7.53. The van der Waals surface area contributed by atoms with E-state index in [4.69, 9.17) is 34.8 Å². The van der Waals surface area contributed by atoms with Gasteiger partial charge in [-0.1, -0.05) is 40.9 Å². The van der Waals surface area contributed by atoms with Gasteiger partial charge in [0.1, 0.15) is 5.82 Å². The zero-order valence-corrected chi connectivity index (χ0v) is 14.3. The molecule has 112 valence electrons. The summed E-state index contributed by atoms with van der Waals surface area (Å²) in [5.41, 5.74) is 1.80. The number of benzene rings is 1. The van der Waals surface area contributed by atoms with Gasteiger partial charge in [0.15, 0.2) is 0 Å². The highest BCUT2D eigenvalue weighted by Gasteiger charge is 2.14. The minimum Gasteiger partial charge on any atom is -0.377 e. The van der Waals surface area contributed by atoms with E-state index in [2.05, 4.69) is 10.3 Å². The molecule has 2 aromatic rings. The molecule has 21 heavy (non-hydrogen) atoms. The Labute approximate surface area is 139 Å². The van der Waals surface area contributed by atoms with Gasteiger partial charge in [0.25, 0.3) is 0 Å². The third-order valence-electron chi connectivity index (χ3n) is 3.12. The Kier molecular flexibility index (Phi) is 5.20. The Morgan fingerprint density at radius 2 is 1.76 bits per heavy atom. The Balaban J connectivity index is 2.18. The summed E-state index contributed by atoms with van der Waals surface area (Å²) in [5, 5.41) is 4.65. The van der Waals surface area contributed by atoms with Crippen LogP contribution in [0.4, 0.5) is 11.5 Å². The number of pyridine rings is 1. The van der Waals surface area contributed by atoms with Crippen LogP contribution in [0.3, 0.4) is 0 Å². The minimum atomic E-state index is -0.0146. The molecule has 1 heterocycles. The largest absolute Gasteiger partial charge is 0.377 e. The van der Waals surface area contributed by atoms with Crippen LogP contribution in [0.2, 0.25) is 15.1 Å². The number of aromatic nitrogens is 1. The molecule has 0 saturated heterocycles. The maximum Gasteiger partial charge on any atom is 0.128 e. The number of nitrogens with one attached hydrogen (secondary N) is 1. The fourth-order valence-corrected chi connectivity index (χ4v) is 2.65. The molecule has 1 aromatic heterocycles. The molecule has 6 heteroatoms. The topological polar surface area (TPSA) is 28.2 Å².